The summed E-state index contributed by atoms with van der Waals surface area (Å²) in [6.45, 7) is 2.28. The molecule has 0 saturated heterocycles. The molecule has 14 heavy (non-hydrogen) atoms. The van der Waals surface area contributed by atoms with Crippen molar-refractivity contribution in [2.75, 3.05) is 20.1 Å². The van der Waals surface area contributed by atoms with Crippen LogP contribution >= 0.6 is 15.9 Å². The molecule has 0 heterocycles. The Morgan fingerprint density at radius 2 is 2.14 bits per heavy atom. The van der Waals surface area contributed by atoms with Gasteiger partial charge < -0.3 is 10.6 Å². The summed E-state index contributed by atoms with van der Waals surface area (Å²) in [5, 5.41) is 6.16. The van der Waals surface area contributed by atoms with Gasteiger partial charge in [-0.3, -0.25) is 0 Å². The second kappa shape index (κ2) is 6.11. The van der Waals surface area contributed by atoms with E-state index < -0.39 is 0 Å². The molecule has 0 amide bonds. The molecule has 78 valence electrons. The molecule has 0 bridgehead atoms. The molecule has 0 saturated carbocycles. The molecule has 0 aliphatic heterocycles. The van der Waals surface area contributed by atoms with Crippen LogP contribution in [0.5, 0.6) is 0 Å². The van der Waals surface area contributed by atoms with Crippen LogP contribution in [0.15, 0.2) is 22.7 Å². The minimum absolute atomic E-state index is 0.176. The van der Waals surface area contributed by atoms with Gasteiger partial charge >= 0.3 is 0 Å². The summed E-state index contributed by atoms with van der Waals surface area (Å²) in [6, 6.07) is 5.32. The third-order valence-corrected chi connectivity index (χ3v) is 2.51. The summed E-state index contributed by atoms with van der Waals surface area (Å²) in [5.74, 6) is -0.176. The zero-order chi connectivity index (χ0) is 10.4. The van der Waals surface area contributed by atoms with Gasteiger partial charge in [0.2, 0.25) is 0 Å². The number of likely N-dealkylation sites (N-methyl/N-ethyl adjacent to an activating group) is 1. The minimum atomic E-state index is -0.176. The van der Waals surface area contributed by atoms with Crippen LogP contribution in [0.25, 0.3) is 0 Å². The number of benzene rings is 1. The van der Waals surface area contributed by atoms with Crippen molar-refractivity contribution in [3.63, 3.8) is 0 Å². The first-order valence-corrected chi connectivity index (χ1v) is 5.33. The van der Waals surface area contributed by atoms with E-state index in [0.29, 0.717) is 16.6 Å². The first kappa shape index (κ1) is 11.6. The Balaban J connectivity index is 2.46. The maximum absolute atomic E-state index is 13.4. The largest absolute Gasteiger partial charge is 0.318 e. The van der Waals surface area contributed by atoms with Crippen LogP contribution in [0.1, 0.15) is 5.56 Å². The van der Waals surface area contributed by atoms with Gasteiger partial charge in [-0.2, -0.15) is 0 Å². The summed E-state index contributed by atoms with van der Waals surface area (Å²) in [7, 11) is 1.89. The Morgan fingerprint density at radius 3 is 2.86 bits per heavy atom. The van der Waals surface area contributed by atoms with Gasteiger partial charge in [-0.15, -0.1) is 0 Å². The second-order valence-corrected chi connectivity index (χ2v) is 3.85. The van der Waals surface area contributed by atoms with Crippen molar-refractivity contribution in [1.82, 2.24) is 10.6 Å². The average molecular weight is 261 g/mol. The van der Waals surface area contributed by atoms with E-state index in [1.807, 2.05) is 13.1 Å². The van der Waals surface area contributed by atoms with E-state index in [4.69, 9.17) is 0 Å². The molecule has 0 fully saturated rings. The summed E-state index contributed by atoms with van der Waals surface area (Å²) in [5.41, 5.74) is 0.690. The van der Waals surface area contributed by atoms with Gasteiger partial charge in [0.1, 0.15) is 5.82 Å². The molecule has 0 radical (unpaired) electrons. The van der Waals surface area contributed by atoms with Crippen molar-refractivity contribution in [2.45, 2.75) is 6.54 Å². The lowest BCUT2D eigenvalue weighted by Crippen LogP contribution is -2.24. The smallest absolute Gasteiger partial charge is 0.141 e. The van der Waals surface area contributed by atoms with Crippen LogP contribution in [0, 0.1) is 5.82 Å². The van der Waals surface area contributed by atoms with Gasteiger partial charge in [0, 0.05) is 25.2 Å². The van der Waals surface area contributed by atoms with Crippen LogP contribution in [0.4, 0.5) is 4.39 Å². The number of hydrogen-bond acceptors (Lipinski definition) is 2. The normalized spacial score (nSPS) is 10.5. The minimum Gasteiger partial charge on any atom is -0.318 e. The number of rotatable bonds is 5. The lowest BCUT2D eigenvalue weighted by molar-refractivity contribution is 0.578. The Morgan fingerprint density at radius 1 is 1.36 bits per heavy atom. The standard InChI is InChI=1S/C10H14BrFN2/c1-13-5-6-14-7-8-3-2-4-9(11)10(8)12/h2-4,13-14H,5-7H2,1H3. The molecule has 0 spiro atoms. The maximum atomic E-state index is 13.4. The molecular weight excluding hydrogens is 247 g/mol. The van der Waals surface area contributed by atoms with E-state index in [1.54, 1.807) is 12.1 Å². The number of nitrogens with one attached hydrogen (secondary N) is 2. The Bertz CT molecular complexity index is 291. The van der Waals surface area contributed by atoms with E-state index >= 15 is 0 Å². The molecule has 0 aromatic heterocycles. The molecule has 1 aromatic rings. The molecule has 2 N–H and O–H groups in total. The highest BCUT2D eigenvalue weighted by Crippen LogP contribution is 2.18. The van der Waals surface area contributed by atoms with Crippen LogP contribution in [-0.4, -0.2) is 20.1 Å². The molecule has 0 atom stereocenters. The van der Waals surface area contributed by atoms with Gasteiger partial charge in [0.15, 0.2) is 0 Å². The summed E-state index contributed by atoms with van der Waals surface area (Å²) >= 11 is 3.15. The lowest BCUT2D eigenvalue weighted by Gasteiger charge is -2.06. The first-order valence-electron chi connectivity index (χ1n) is 4.54. The van der Waals surface area contributed by atoms with E-state index in [2.05, 4.69) is 26.6 Å². The van der Waals surface area contributed by atoms with Crippen molar-refractivity contribution in [1.29, 1.82) is 0 Å². The van der Waals surface area contributed by atoms with Gasteiger partial charge in [-0.1, -0.05) is 12.1 Å². The predicted molar refractivity (Wildman–Crippen MR) is 59.7 cm³/mol. The van der Waals surface area contributed by atoms with Crippen molar-refractivity contribution in [3.8, 4) is 0 Å². The van der Waals surface area contributed by atoms with Crippen LogP contribution < -0.4 is 10.6 Å². The Hall–Kier alpha value is -0.450. The molecule has 0 aliphatic rings. The molecule has 1 rings (SSSR count). The Kier molecular flexibility index (Phi) is 5.07. The zero-order valence-corrected chi connectivity index (χ0v) is 9.70. The fourth-order valence-electron chi connectivity index (χ4n) is 1.12. The fraction of sp³-hybridized carbons (Fsp3) is 0.400. The van der Waals surface area contributed by atoms with Gasteiger partial charge in [0.05, 0.1) is 4.47 Å². The second-order valence-electron chi connectivity index (χ2n) is 2.99. The highest BCUT2D eigenvalue weighted by atomic mass is 79.9. The molecule has 1 aromatic carbocycles. The molecule has 0 unspecified atom stereocenters. The van der Waals surface area contributed by atoms with Crippen LogP contribution in [0.3, 0.4) is 0 Å². The lowest BCUT2D eigenvalue weighted by atomic mass is 10.2. The monoisotopic (exact) mass is 260 g/mol. The molecule has 0 aliphatic carbocycles. The molecule has 4 heteroatoms. The zero-order valence-electron chi connectivity index (χ0n) is 8.11. The van der Waals surface area contributed by atoms with Gasteiger partial charge in [0.25, 0.3) is 0 Å². The van der Waals surface area contributed by atoms with E-state index in [9.17, 15) is 4.39 Å². The Labute approximate surface area is 92.0 Å². The van der Waals surface area contributed by atoms with E-state index in [1.165, 1.54) is 0 Å². The van der Waals surface area contributed by atoms with Crippen molar-refractivity contribution < 1.29 is 4.39 Å². The van der Waals surface area contributed by atoms with E-state index in [0.717, 1.165) is 13.1 Å². The highest BCUT2D eigenvalue weighted by Gasteiger charge is 2.04. The van der Waals surface area contributed by atoms with Crippen molar-refractivity contribution in [3.05, 3.63) is 34.1 Å². The summed E-state index contributed by atoms with van der Waals surface area (Å²) < 4.78 is 13.9. The third kappa shape index (κ3) is 3.36. The molecular formula is C10H14BrFN2. The predicted octanol–water partition coefficient (Wildman–Crippen LogP) is 1.90. The fourth-order valence-corrected chi connectivity index (χ4v) is 1.53. The topological polar surface area (TPSA) is 24.1 Å². The quantitative estimate of drug-likeness (QED) is 0.791. The number of halogens is 2. The summed E-state index contributed by atoms with van der Waals surface area (Å²) in [4.78, 5) is 0. The van der Waals surface area contributed by atoms with Crippen LogP contribution in [0.2, 0.25) is 0 Å². The number of hydrogen-bond donors (Lipinski definition) is 2. The highest BCUT2D eigenvalue weighted by molar-refractivity contribution is 9.10. The van der Waals surface area contributed by atoms with Crippen molar-refractivity contribution >= 4 is 15.9 Å². The first-order chi connectivity index (χ1) is 6.75. The maximum Gasteiger partial charge on any atom is 0.141 e. The van der Waals surface area contributed by atoms with Crippen molar-refractivity contribution in [2.24, 2.45) is 0 Å². The third-order valence-electron chi connectivity index (χ3n) is 1.90. The average Bonchev–Trinajstić information content (AvgIpc) is 2.19. The molecule has 2 nitrogen and oxygen atoms in total. The van der Waals surface area contributed by atoms with Crippen LogP contribution in [-0.2, 0) is 6.54 Å². The summed E-state index contributed by atoms with van der Waals surface area (Å²) in [6.07, 6.45) is 0. The van der Waals surface area contributed by atoms with Gasteiger partial charge in [-0.25, -0.2) is 4.39 Å². The van der Waals surface area contributed by atoms with E-state index in [-0.39, 0.29) is 5.82 Å². The SMILES string of the molecule is CNCCNCc1cccc(Br)c1F. The van der Waals surface area contributed by atoms with Gasteiger partial charge in [-0.05, 0) is 29.0 Å².